The van der Waals surface area contributed by atoms with Gasteiger partial charge in [0, 0.05) is 18.7 Å². The number of rotatable bonds is 9. The number of nitrogens with one attached hydrogen (secondary N) is 2. The zero-order chi connectivity index (χ0) is 19.5. The van der Waals surface area contributed by atoms with Gasteiger partial charge in [-0.2, -0.15) is 0 Å². The average Bonchev–Trinajstić information content (AvgIpc) is 2.68. The van der Waals surface area contributed by atoms with E-state index < -0.39 is 6.10 Å². The lowest BCUT2D eigenvalue weighted by atomic mass is 10.2. The molecule has 27 heavy (non-hydrogen) atoms. The fourth-order valence-electron chi connectivity index (χ4n) is 2.51. The average molecular weight is 371 g/mol. The zero-order valence-electron chi connectivity index (χ0n) is 16.2. The number of ether oxygens (including phenoxy) is 2. The van der Waals surface area contributed by atoms with Crippen LogP contribution in [0.15, 0.2) is 53.5 Å². The molecule has 1 unspecified atom stereocenters. The first-order valence-electron chi connectivity index (χ1n) is 9.14. The number of nitrogens with zero attached hydrogens (tertiary/aromatic N) is 1. The fraction of sp³-hybridized carbons (Fsp3) is 0.381. The van der Waals surface area contributed by atoms with Gasteiger partial charge >= 0.3 is 0 Å². The summed E-state index contributed by atoms with van der Waals surface area (Å²) in [5, 5.41) is 16.5. The van der Waals surface area contributed by atoms with Crippen molar-refractivity contribution in [3.05, 3.63) is 59.7 Å². The van der Waals surface area contributed by atoms with Crippen LogP contribution in [-0.2, 0) is 6.54 Å². The summed E-state index contributed by atoms with van der Waals surface area (Å²) in [5.41, 5.74) is 2.12. The van der Waals surface area contributed by atoms with Crippen molar-refractivity contribution in [3.63, 3.8) is 0 Å². The van der Waals surface area contributed by atoms with E-state index in [-0.39, 0.29) is 6.61 Å². The van der Waals surface area contributed by atoms with Crippen LogP contribution in [0.3, 0.4) is 0 Å². The molecular formula is C21H29N3O3. The summed E-state index contributed by atoms with van der Waals surface area (Å²) in [4.78, 5) is 4.56. The number of aliphatic imine (C=N–C) groups is 1. The lowest BCUT2D eigenvalue weighted by Gasteiger charge is -2.16. The molecule has 0 bridgehead atoms. The highest BCUT2D eigenvalue weighted by molar-refractivity contribution is 5.79. The smallest absolute Gasteiger partial charge is 0.191 e. The highest BCUT2D eigenvalue weighted by atomic mass is 16.5. The third-order valence-corrected chi connectivity index (χ3v) is 3.88. The maximum absolute atomic E-state index is 10.2. The van der Waals surface area contributed by atoms with Gasteiger partial charge in [0.25, 0.3) is 0 Å². The first-order valence-corrected chi connectivity index (χ1v) is 9.14. The topological polar surface area (TPSA) is 75.1 Å². The van der Waals surface area contributed by atoms with Crippen LogP contribution < -0.4 is 20.1 Å². The summed E-state index contributed by atoms with van der Waals surface area (Å²) in [5.74, 6) is 2.20. The summed E-state index contributed by atoms with van der Waals surface area (Å²) in [7, 11) is 1.65. The normalized spacial score (nSPS) is 12.4. The highest BCUT2D eigenvalue weighted by Gasteiger charge is 2.08. The largest absolute Gasteiger partial charge is 0.496 e. The van der Waals surface area contributed by atoms with E-state index in [1.165, 1.54) is 0 Å². The van der Waals surface area contributed by atoms with E-state index in [0.717, 1.165) is 29.2 Å². The Kier molecular flexibility index (Phi) is 8.45. The fourth-order valence-corrected chi connectivity index (χ4v) is 2.51. The van der Waals surface area contributed by atoms with Crippen LogP contribution in [0.5, 0.6) is 11.5 Å². The molecule has 0 spiro atoms. The van der Waals surface area contributed by atoms with Crippen molar-refractivity contribution in [1.82, 2.24) is 10.6 Å². The summed E-state index contributed by atoms with van der Waals surface area (Å²) in [6.07, 6.45) is -0.652. The summed E-state index contributed by atoms with van der Waals surface area (Å²) < 4.78 is 11.0. The van der Waals surface area contributed by atoms with Gasteiger partial charge < -0.3 is 25.2 Å². The number of hydrogen-bond donors (Lipinski definition) is 3. The summed E-state index contributed by atoms with van der Waals surface area (Å²) in [6.45, 7) is 5.76. The number of aliphatic hydroxyl groups is 1. The molecule has 6 nitrogen and oxygen atoms in total. The number of benzene rings is 2. The van der Waals surface area contributed by atoms with Crippen molar-refractivity contribution >= 4 is 5.96 Å². The second-order valence-corrected chi connectivity index (χ2v) is 6.17. The molecule has 2 aromatic carbocycles. The van der Waals surface area contributed by atoms with Gasteiger partial charge in [-0.1, -0.05) is 30.3 Å². The lowest BCUT2D eigenvalue weighted by molar-refractivity contribution is 0.110. The molecule has 2 aromatic rings. The standard InChI is InChI=1S/C21H29N3O3/c1-4-22-21(23-13-17-9-5-6-11-20(17)26-3)24-14-18(25)15-27-19-10-7-8-16(2)12-19/h5-12,18,25H,4,13-15H2,1-3H3,(H2,22,23,24). The second kappa shape index (κ2) is 11.1. The number of para-hydroxylation sites is 1. The Bertz CT molecular complexity index is 734. The molecular weight excluding hydrogens is 342 g/mol. The Morgan fingerprint density at radius 2 is 1.96 bits per heavy atom. The van der Waals surface area contributed by atoms with E-state index >= 15 is 0 Å². The number of guanidine groups is 1. The van der Waals surface area contributed by atoms with Crippen LogP contribution in [0, 0.1) is 6.92 Å². The van der Waals surface area contributed by atoms with Crippen LogP contribution in [0.2, 0.25) is 0 Å². The quantitative estimate of drug-likeness (QED) is 0.466. The molecule has 0 radical (unpaired) electrons. The maximum atomic E-state index is 10.2. The summed E-state index contributed by atoms with van der Waals surface area (Å²) >= 11 is 0. The van der Waals surface area contributed by atoms with Crippen molar-refractivity contribution in [2.45, 2.75) is 26.5 Å². The lowest BCUT2D eigenvalue weighted by Crippen LogP contribution is -2.42. The van der Waals surface area contributed by atoms with E-state index in [4.69, 9.17) is 9.47 Å². The molecule has 0 saturated carbocycles. The van der Waals surface area contributed by atoms with Crippen LogP contribution >= 0.6 is 0 Å². The Morgan fingerprint density at radius 1 is 1.15 bits per heavy atom. The minimum absolute atomic E-state index is 0.211. The zero-order valence-corrected chi connectivity index (χ0v) is 16.2. The molecule has 6 heteroatoms. The van der Waals surface area contributed by atoms with Crippen LogP contribution in [0.25, 0.3) is 0 Å². The Balaban J connectivity index is 1.85. The van der Waals surface area contributed by atoms with Gasteiger partial charge in [-0.25, -0.2) is 4.99 Å². The minimum atomic E-state index is -0.652. The Hall–Kier alpha value is -2.73. The van der Waals surface area contributed by atoms with E-state index in [1.807, 2.05) is 62.4 Å². The van der Waals surface area contributed by atoms with Gasteiger partial charge in [0.05, 0.1) is 13.7 Å². The molecule has 0 heterocycles. The molecule has 0 aliphatic carbocycles. The number of aryl methyl sites for hydroxylation is 1. The van der Waals surface area contributed by atoms with Gasteiger partial charge in [0.15, 0.2) is 5.96 Å². The molecule has 0 aliphatic heterocycles. The molecule has 0 fully saturated rings. The van der Waals surface area contributed by atoms with Gasteiger partial charge in [0.1, 0.15) is 24.2 Å². The highest BCUT2D eigenvalue weighted by Crippen LogP contribution is 2.17. The predicted octanol–water partition coefficient (Wildman–Crippen LogP) is 2.50. The first-order chi connectivity index (χ1) is 13.1. The van der Waals surface area contributed by atoms with Crippen molar-refractivity contribution in [1.29, 1.82) is 0 Å². The number of hydrogen-bond acceptors (Lipinski definition) is 4. The molecule has 146 valence electrons. The van der Waals surface area contributed by atoms with Gasteiger partial charge in [0.2, 0.25) is 0 Å². The third kappa shape index (κ3) is 7.19. The molecule has 0 aromatic heterocycles. The minimum Gasteiger partial charge on any atom is -0.496 e. The predicted molar refractivity (Wildman–Crippen MR) is 108 cm³/mol. The molecule has 2 rings (SSSR count). The van der Waals surface area contributed by atoms with E-state index in [2.05, 4.69) is 15.6 Å². The van der Waals surface area contributed by atoms with Crippen LogP contribution in [0.1, 0.15) is 18.1 Å². The molecule has 0 saturated heterocycles. The van der Waals surface area contributed by atoms with E-state index in [1.54, 1.807) is 7.11 Å². The van der Waals surface area contributed by atoms with Gasteiger partial charge in [-0.3, -0.25) is 0 Å². The molecule has 1 atom stereocenters. The molecule has 0 aliphatic rings. The van der Waals surface area contributed by atoms with Crippen LogP contribution in [0.4, 0.5) is 0 Å². The van der Waals surface area contributed by atoms with Crippen molar-refractivity contribution < 1.29 is 14.6 Å². The van der Waals surface area contributed by atoms with E-state index in [0.29, 0.717) is 19.0 Å². The van der Waals surface area contributed by atoms with Crippen LogP contribution in [-0.4, -0.2) is 44.0 Å². The molecule has 3 N–H and O–H groups in total. The van der Waals surface area contributed by atoms with Gasteiger partial charge in [-0.15, -0.1) is 0 Å². The summed E-state index contributed by atoms with van der Waals surface area (Å²) in [6, 6.07) is 15.5. The monoisotopic (exact) mass is 371 g/mol. The van der Waals surface area contributed by atoms with Crippen molar-refractivity contribution in [3.8, 4) is 11.5 Å². The third-order valence-electron chi connectivity index (χ3n) is 3.88. The Morgan fingerprint density at radius 3 is 2.70 bits per heavy atom. The SMILES string of the molecule is CCNC(=NCc1ccccc1OC)NCC(O)COc1cccc(C)c1. The van der Waals surface area contributed by atoms with Crippen molar-refractivity contribution in [2.75, 3.05) is 26.8 Å². The van der Waals surface area contributed by atoms with E-state index in [9.17, 15) is 5.11 Å². The first kappa shape index (κ1) is 20.6. The van der Waals surface area contributed by atoms with Crippen molar-refractivity contribution in [2.24, 2.45) is 4.99 Å². The number of aliphatic hydroxyl groups excluding tert-OH is 1. The second-order valence-electron chi connectivity index (χ2n) is 6.17. The number of methoxy groups -OCH3 is 1. The molecule has 0 amide bonds. The van der Waals surface area contributed by atoms with Gasteiger partial charge in [-0.05, 0) is 37.6 Å². The Labute approximate surface area is 161 Å². The maximum Gasteiger partial charge on any atom is 0.191 e.